The third-order valence-electron chi connectivity index (χ3n) is 2.81. The quantitative estimate of drug-likeness (QED) is 0.694. The molecule has 0 saturated carbocycles. The summed E-state index contributed by atoms with van der Waals surface area (Å²) in [6.07, 6.45) is -2.83. The zero-order valence-corrected chi connectivity index (χ0v) is 12.5. The number of rotatable bonds is 2. The molecule has 5 heteroatoms. The van der Waals surface area contributed by atoms with Gasteiger partial charge in [0.25, 0.3) is 0 Å². The molecule has 110 valence electrons. The third-order valence-corrected chi connectivity index (χ3v) is 4.20. The average molecular weight is 309 g/mol. The number of nitrogens with zero attached hydrogens (tertiary/aromatic N) is 1. The van der Waals surface area contributed by atoms with Crippen LogP contribution < -0.4 is 0 Å². The van der Waals surface area contributed by atoms with Gasteiger partial charge in [-0.3, -0.25) is 0 Å². The molecule has 21 heavy (non-hydrogen) atoms. The maximum atomic E-state index is 12.6. The Morgan fingerprint density at radius 3 is 2.29 bits per heavy atom. The van der Waals surface area contributed by atoms with Crippen LogP contribution in [-0.4, -0.2) is 11.9 Å². The Morgan fingerprint density at radius 1 is 1.14 bits per heavy atom. The van der Waals surface area contributed by atoms with Crippen LogP contribution in [0.5, 0.6) is 0 Å². The Labute approximate surface area is 126 Å². The smallest absolute Gasteiger partial charge is 0.243 e. The maximum absolute atomic E-state index is 12.6. The van der Waals surface area contributed by atoms with Crippen LogP contribution in [-0.2, 0) is 0 Å². The average Bonchev–Trinajstić information content (AvgIpc) is 2.83. The van der Waals surface area contributed by atoms with E-state index in [9.17, 15) is 13.2 Å². The minimum Gasteiger partial charge on any atom is -0.243 e. The molecule has 0 spiro atoms. The van der Waals surface area contributed by atoms with Crippen molar-refractivity contribution >= 4 is 22.4 Å². The Kier molecular flexibility index (Phi) is 4.42. The second-order valence-corrected chi connectivity index (χ2v) is 5.80. The van der Waals surface area contributed by atoms with Crippen LogP contribution in [0.4, 0.5) is 13.2 Å². The number of hydrogen-bond acceptors (Lipinski definition) is 2. The fraction of sp³-hybridized carbons (Fsp3) is 0.188. The fourth-order valence-electron chi connectivity index (χ4n) is 1.78. The van der Waals surface area contributed by atoms with Crippen LogP contribution in [0.1, 0.15) is 19.4 Å². The van der Waals surface area contributed by atoms with Crippen molar-refractivity contribution in [3.05, 3.63) is 64.7 Å². The van der Waals surface area contributed by atoms with Crippen molar-refractivity contribution in [2.45, 2.75) is 20.0 Å². The van der Waals surface area contributed by atoms with E-state index in [1.807, 2.05) is 44.2 Å². The summed E-state index contributed by atoms with van der Waals surface area (Å²) in [6, 6.07) is 9.52. The van der Waals surface area contributed by atoms with Gasteiger partial charge in [-0.05, 0) is 25.5 Å². The third kappa shape index (κ3) is 3.67. The van der Waals surface area contributed by atoms with Crippen LogP contribution in [0.3, 0.4) is 0 Å². The van der Waals surface area contributed by atoms with Gasteiger partial charge in [0.2, 0.25) is 0 Å². The number of alkyl halides is 3. The molecule has 0 amide bonds. The first-order valence-corrected chi connectivity index (χ1v) is 7.08. The number of benzene rings is 1. The van der Waals surface area contributed by atoms with E-state index in [1.54, 1.807) is 6.08 Å². The highest BCUT2D eigenvalue weighted by Crippen LogP contribution is 2.42. The molecule has 0 fully saturated rings. The number of halogens is 3. The number of hydrogen-bond donors (Lipinski definition) is 0. The highest BCUT2D eigenvalue weighted by molar-refractivity contribution is 8.13. The van der Waals surface area contributed by atoms with E-state index in [1.165, 1.54) is 11.8 Å². The monoisotopic (exact) mass is 309 g/mol. The molecule has 0 radical (unpaired) electrons. The molecule has 1 aliphatic rings. The van der Waals surface area contributed by atoms with E-state index in [0.717, 1.165) is 20.9 Å². The van der Waals surface area contributed by atoms with Gasteiger partial charge in [0, 0.05) is 9.81 Å². The summed E-state index contributed by atoms with van der Waals surface area (Å²) < 4.78 is 37.8. The van der Waals surface area contributed by atoms with Crippen molar-refractivity contribution in [1.29, 1.82) is 0 Å². The lowest BCUT2D eigenvalue weighted by molar-refractivity contribution is -0.0918. The molecule has 0 atom stereocenters. The molecule has 1 heterocycles. The Morgan fingerprint density at radius 2 is 1.76 bits per heavy atom. The molecule has 0 aliphatic carbocycles. The van der Waals surface area contributed by atoms with E-state index in [-0.39, 0.29) is 0 Å². The van der Waals surface area contributed by atoms with Crippen LogP contribution in [0.15, 0.2) is 64.2 Å². The van der Waals surface area contributed by atoms with Crippen molar-refractivity contribution in [2.24, 2.45) is 4.99 Å². The minimum atomic E-state index is -4.51. The molecular weight excluding hydrogens is 295 g/mol. The van der Waals surface area contributed by atoms with E-state index in [0.29, 0.717) is 5.71 Å². The summed E-state index contributed by atoms with van der Waals surface area (Å²) in [4.78, 5) is 5.31. The van der Waals surface area contributed by atoms with Gasteiger partial charge in [0.05, 0.1) is 5.71 Å². The summed E-state index contributed by atoms with van der Waals surface area (Å²) in [7, 11) is 0. The van der Waals surface area contributed by atoms with Gasteiger partial charge in [0.1, 0.15) is 5.70 Å². The van der Waals surface area contributed by atoms with Crippen molar-refractivity contribution in [2.75, 3.05) is 0 Å². The highest BCUT2D eigenvalue weighted by atomic mass is 32.2. The molecule has 1 nitrogen and oxygen atoms in total. The zero-order chi connectivity index (χ0) is 15.6. The summed E-state index contributed by atoms with van der Waals surface area (Å²) in [6.45, 7) is 6.72. The highest BCUT2D eigenvalue weighted by Gasteiger charge is 2.33. The second kappa shape index (κ2) is 5.93. The lowest BCUT2D eigenvalue weighted by Crippen LogP contribution is -2.10. The summed E-state index contributed by atoms with van der Waals surface area (Å²) in [5, 5.41) is 0. The van der Waals surface area contributed by atoms with Crippen LogP contribution in [0.2, 0.25) is 0 Å². The molecule has 1 aromatic rings. The molecule has 0 unspecified atom stereocenters. The van der Waals surface area contributed by atoms with Gasteiger partial charge < -0.3 is 0 Å². The van der Waals surface area contributed by atoms with E-state index in [4.69, 9.17) is 0 Å². The second-order valence-electron chi connectivity index (χ2n) is 4.75. The van der Waals surface area contributed by atoms with Gasteiger partial charge in [-0.15, -0.1) is 0 Å². The van der Waals surface area contributed by atoms with Crippen molar-refractivity contribution in [1.82, 2.24) is 0 Å². The predicted molar refractivity (Wildman–Crippen MR) is 83.0 cm³/mol. The van der Waals surface area contributed by atoms with Gasteiger partial charge in [-0.2, -0.15) is 13.2 Å². The predicted octanol–water partition coefficient (Wildman–Crippen LogP) is 5.59. The van der Waals surface area contributed by atoms with Gasteiger partial charge >= 0.3 is 6.18 Å². The van der Waals surface area contributed by atoms with E-state index in [2.05, 4.69) is 11.6 Å². The standard InChI is InChI=1S/C16H14F3NS/c1-10(2)15-13(20-11(3)16(17,18)19)9-14(21-15)12-7-5-4-6-8-12/h4-9H,3H2,1-2H3. The molecule has 1 aromatic carbocycles. The first-order valence-electron chi connectivity index (χ1n) is 6.26. The molecule has 0 saturated heterocycles. The largest absolute Gasteiger partial charge is 0.432 e. The number of thioether (sulfide) groups is 1. The first-order chi connectivity index (χ1) is 9.79. The van der Waals surface area contributed by atoms with Gasteiger partial charge in [-0.1, -0.05) is 54.2 Å². The van der Waals surface area contributed by atoms with Gasteiger partial charge in [0.15, 0.2) is 0 Å². The molecule has 2 rings (SSSR count). The fourth-order valence-corrected chi connectivity index (χ4v) is 2.83. The topological polar surface area (TPSA) is 12.4 Å². The number of allylic oxidation sites excluding steroid dienone is 4. The Bertz CT molecular complexity index is 648. The zero-order valence-electron chi connectivity index (χ0n) is 11.7. The molecule has 0 aromatic heterocycles. The summed E-state index contributed by atoms with van der Waals surface area (Å²) in [5.74, 6) is 0. The summed E-state index contributed by atoms with van der Waals surface area (Å²) >= 11 is 1.43. The molecular formula is C16H14F3NS. The van der Waals surface area contributed by atoms with Crippen molar-refractivity contribution in [3.63, 3.8) is 0 Å². The summed E-state index contributed by atoms with van der Waals surface area (Å²) in [5.41, 5.74) is 1.13. The van der Waals surface area contributed by atoms with Crippen molar-refractivity contribution < 1.29 is 13.2 Å². The van der Waals surface area contributed by atoms with Crippen LogP contribution >= 0.6 is 11.8 Å². The van der Waals surface area contributed by atoms with Crippen molar-refractivity contribution in [3.8, 4) is 0 Å². The van der Waals surface area contributed by atoms with E-state index < -0.39 is 11.9 Å². The first kappa shape index (κ1) is 15.6. The molecule has 0 N–H and O–H groups in total. The molecule has 1 aliphatic heterocycles. The molecule has 0 bridgehead atoms. The van der Waals surface area contributed by atoms with Crippen LogP contribution in [0.25, 0.3) is 4.91 Å². The maximum Gasteiger partial charge on any atom is 0.432 e. The number of aliphatic imine (C=N–C) groups is 1. The SMILES string of the molecule is C=C(N=C1C=C(c2ccccc2)SC1=C(C)C)C(F)(F)F. The van der Waals surface area contributed by atoms with Crippen LogP contribution in [0, 0.1) is 0 Å². The minimum absolute atomic E-state index is 0.321. The normalized spacial score (nSPS) is 17.1. The Hall–Kier alpha value is -1.75. The lowest BCUT2D eigenvalue weighted by Gasteiger charge is -2.07. The van der Waals surface area contributed by atoms with Gasteiger partial charge in [-0.25, -0.2) is 4.99 Å². The van der Waals surface area contributed by atoms with E-state index >= 15 is 0 Å². The lowest BCUT2D eigenvalue weighted by atomic mass is 10.1. The Balaban J connectivity index is 2.43.